The molecule has 4 nitrogen and oxygen atoms in total. The highest BCUT2D eigenvalue weighted by Gasteiger charge is 2.14. The maximum atomic E-state index is 12.6. The van der Waals surface area contributed by atoms with Gasteiger partial charge < -0.3 is 5.32 Å². The average Bonchev–Trinajstić information content (AvgIpc) is 2.56. The molecule has 2 aromatic heterocycles. The van der Waals surface area contributed by atoms with Crippen LogP contribution >= 0.6 is 0 Å². The number of ketones is 1. The van der Waals surface area contributed by atoms with E-state index in [1.165, 1.54) is 0 Å². The Kier molecular flexibility index (Phi) is 3.92. The summed E-state index contributed by atoms with van der Waals surface area (Å²) in [4.78, 5) is 20.9. The Balaban J connectivity index is 1.95. The van der Waals surface area contributed by atoms with Crippen molar-refractivity contribution < 1.29 is 4.79 Å². The third-order valence-corrected chi connectivity index (χ3v) is 3.28. The number of pyridine rings is 2. The summed E-state index contributed by atoms with van der Waals surface area (Å²) < 4.78 is 0. The van der Waals surface area contributed by atoms with Crippen LogP contribution < -0.4 is 5.32 Å². The van der Waals surface area contributed by atoms with Crippen molar-refractivity contribution in [3.05, 3.63) is 83.8 Å². The predicted molar refractivity (Wildman–Crippen MR) is 86.4 cm³/mol. The summed E-state index contributed by atoms with van der Waals surface area (Å²) in [5.41, 5.74) is 3.18. The second-order valence-electron chi connectivity index (χ2n) is 4.96. The van der Waals surface area contributed by atoms with Crippen molar-refractivity contribution in [3.8, 4) is 0 Å². The van der Waals surface area contributed by atoms with E-state index in [2.05, 4.69) is 15.3 Å². The van der Waals surface area contributed by atoms with Crippen LogP contribution in [-0.4, -0.2) is 15.8 Å². The molecule has 0 atom stereocenters. The van der Waals surface area contributed by atoms with Crippen molar-refractivity contribution in [2.45, 2.75) is 6.92 Å². The van der Waals surface area contributed by atoms with Gasteiger partial charge in [-0.3, -0.25) is 9.78 Å². The van der Waals surface area contributed by atoms with E-state index in [0.717, 1.165) is 11.3 Å². The van der Waals surface area contributed by atoms with Crippen LogP contribution in [0.3, 0.4) is 0 Å². The summed E-state index contributed by atoms with van der Waals surface area (Å²) in [6, 6.07) is 14.9. The van der Waals surface area contributed by atoms with Crippen molar-refractivity contribution in [2.24, 2.45) is 0 Å². The van der Waals surface area contributed by atoms with Crippen molar-refractivity contribution in [1.82, 2.24) is 9.97 Å². The molecule has 4 heteroatoms. The second kappa shape index (κ2) is 6.18. The molecule has 0 aliphatic heterocycles. The average molecular weight is 289 g/mol. The molecule has 3 aromatic rings. The molecular weight excluding hydrogens is 274 g/mol. The molecular formula is C18H15N3O. The fourth-order valence-corrected chi connectivity index (χ4v) is 2.21. The molecule has 0 bridgehead atoms. The zero-order valence-corrected chi connectivity index (χ0v) is 12.2. The Labute approximate surface area is 128 Å². The highest BCUT2D eigenvalue weighted by Crippen LogP contribution is 2.21. The molecule has 0 saturated heterocycles. The predicted octanol–water partition coefficient (Wildman–Crippen LogP) is 3.76. The number of anilines is 2. The van der Waals surface area contributed by atoms with Crippen LogP contribution in [0, 0.1) is 6.92 Å². The van der Waals surface area contributed by atoms with E-state index in [-0.39, 0.29) is 5.78 Å². The fourth-order valence-electron chi connectivity index (χ4n) is 2.21. The standard InChI is InChI=1S/C18H15N3O/c1-13-4-2-5-15(12-13)21-18-16(6-3-9-20-18)17(22)14-7-10-19-11-8-14/h2-12H,1H3,(H,20,21). The number of nitrogens with zero attached hydrogens (tertiary/aromatic N) is 2. The van der Waals surface area contributed by atoms with Gasteiger partial charge in [0.05, 0.1) is 5.56 Å². The van der Waals surface area contributed by atoms with Gasteiger partial charge in [0.2, 0.25) is 0 Å². The van der Waals surface area contributed by atoms with E-state index >= 15 is 0 Å². The van der Waals surface area contributed by atoms with Crippen molar-refractivity contribution in [2.75, 3.05) is 5.32 Å². The zero-order valence-electron chi connectivity index (χ0n) is 12.2. The van der Waals surface area contributed by atoms with Gasteiger partial charge in [0.1, 0.15) is 5.82 Å². The van der Waals surface area contributed by atoms with Crippen LogP contribution in [0.1, 0.15) is 21.5 Å². The lowest BCUT2D eigenvalue weighted by Crippen LogP contribution is -2.07. The fraction of sp³-hybridized carbons (Fsp3) is 0.0556. The van der Waals surface area contributed by atoms with Gasteiger partial charge in [0, 0.05) is 29.8 Å². The number of aromatic nitrogens is 2. The summed E-state index contributed by atoms with van der Waals surface area (Å²) in [6.07, 6.45) is 4.88. The number of carbonyl (C=O) groups excluding carboxylic acids is 1. The minimum atomic E-state index is -0.0781. The summed E-state index contributed by atoms with van der Waals surface area (Å²) in [5.74, 6) is 0.473. The first-order valence-corrected chi connectivity index (χ1v) is 6.97. The van der Waals surface area contributed by atoms with Crippen molar-refractivity contribution in [1.29, 1.82) is 0 Å². The number of rotatable bonds is 4. The minimum absolute atomic E-state index is 0.0781. The van der Waals surface area contributed by atoms with E-state index in [9.17, 15) is 4.79 Å². The lowest BCUT2D eigenvalue weighted by Gasteiger charge is -2.10. The van der Waals surface area contributed by atoms with Crippen LogP contribution in [-0.2, 0) is 0 Å². The minimum Gasteiger partial charge on any atom is -0.340 e. The third-order valence-electron chi connectivity index (χ3n) is 3.28. The third kappa shape index (κ3) is 3.01. The first-order chi connectivity index (χ1) is 10.7. The van der Waals surface area contributed by atoms with Gasteiger partial charge in [0.25, 0.3) is 0 Å². The summed E-state index contributed by atoms with van der Waals surface area (Å²) in [7, 11) is 0. The quantitative estimate of drug-likeness (QED) is 0.743. The Morgan fingerprint density at radius 2 is 1.82 bits per heavy atom. The largest absolute Gasteiger partial charge is 0.340 e. The molecule has 1 aromatic carbocycles. The van der Waals surface area contributed by atoms with E-state index in [1.54, 1.807) is 42.9 Å². The molecule has 0 fully saturated rings. The van der Waals surface area contributed by atoms with Crippen molar-refractivity contribution in [3.63, 3.8) is 0 Å². The Morgan fingerprint density at radius 1 is 1.00 bits per heavy atom. The number of hydrogen-bond acceptors (Lipinski definition) is 4. The maximum Gasteiger partial charge on any atom is 0.196 e. The number of aryl methyl sites for hydroxylation is 1. The van der Waals surface area contributed by atoms with Gasteiger partial charge in [-0.1, -0.05) is 12.1 Å². The normalized spacial score (nSPS) is 10.2. The van der Waals surface area contributed by atoms with E-state index < -0.39 is 0 Å². The molecule has 22 heavy (non-hydrogen) atoms. The maximum absolute atomic E-state index is 12.6. The highest BCUT2D eigenvalue weighted by molar-refractivity contribution is 6.12. The molecule has 2 heterocycles. The smallest absolute Gasteiger partial charge is 0.196 e. The van der Waals surface area contributed by atoms with Crippen molar-refractivity contribution >= 4 is 17.3 Å². The van der Waals surface area contributed by atoms with Gasteiger partial charge in [-0.2, -0.15) is 0 Å². The molecule has 108 valence electrons. The van der Waals surface area contributed by atoms with Crippen LogP contribution in [0.2, 0.25) is 0 Å². The first kappa shape index (κ1) is 13.9. The molecule has 0 aliphatic carbocycles. The number of hydrogen-bond donors (Lipinski definition) is 1. The lowest BCUT2D eigenvalue weighted by molar-refractivity contribution is 0.103. The topological polar surface area (TPSA) is 54.9 Å². The monoisotopic (exact) mass is 289 g/mol. The molecule has 1 N–H and O–H groups in total. The Morgan fingerprint density at radius 3 is 2.59 bits per heavy atom. The Hall–Kier alpha value is -3.01. The molecule has 0 saturated carbocycles. The number of nitrogens with one attached hydrogen (secondary N) is 1. The molecule has 0 radical (unpaired) electrons. The molecule has 0 unspecified atom stereocenters. The van der Waals surface area contributed by atoms with E-state index in [0.29, 0.717) is 16.9 Å². The Bertz CT molecular complexity index is 800. The van der Waals surface area contributed by atoms with Crippen LogP contribution in [0.4, 0.5) is 11.5 Å². The van der Waals surface area contributed by atoms with Crippen LogP contribution in [0.15, 0.2) is 67.1 Å². The molecule has 0 aliphatic rings. The second-order valence-corrected chi connectivity index (χ2v) is 4.96. The summed E-state index contributed by atoms with van der Waals surface area (Å²) in [6.45, 7) is 2.02. The first-order valence-electron chi connectivity index (χ1n) is 6.97. The number of benzene rings is 1. The van der Waals surface area contributed by atoms with Crippen LogP contribution in [0.25, 0.3) is 0 Å². The van der Waals surface area contributed by atoms with Gasteiger partial charge in [0.15, 0.2) is 5.78 Å². The SMILES string of the molecule is Cc1cccc(Nc2ncccc2C(=O)c2ccncc2)c1. The highest BCUT2D eigenvalue weighted by atomic mass is 16.1. The zero-order chi connectivity index (χ0) is 15.4. The van der Waals surface area contributed by atoms with Gasteiger partial charge in [-0.15, -0.1) is 0 Å². The lowest BCUT2D eigenvalue weighted by atomic mass is 10.1. The van der Waals surface area contributed by atoms with Crippen LogP contribution in [0.5, 0.6) is 0 Å². The molecule has 0 spiro atoms. The van der Waals surface area contributed by atoms with E-state index in [1.807, 2.05) is 31.2 Å². The van der Waals surface area contributed by atoms with Gasteiger partial charge in [-0.25, -0.2) is 4.98 Å². The summed E-state index contributed by atoms with van der Waals surface area (Å²) >= 11 is 0. The molecule has 0 amide bonds. The van der Waals surface area contributed by atoms with Gasteiger partial charge >= 0.3 is 0 Å². The molecule has 3 rings (SSSR count). The number of carbonyl (C=O) groups is 1. The summed E-state index contributed by atoms with van der Waals surface area (Å²) in [5, 5.41) is 3.22. The van der Waals surface area contributed by atoms with Gasteiger partial charge in [-0.05, 0) is 48.9 Å². The van der Waals surface area contributed by atoms with E-state index in [4.69, 9.17) is 0 Å².